The number of carbonyl (C=O) groups is 1. The maximum absolute atomic E-state index is 12.7. The Labute approximate surface area is 178 Å². The third-order valence-corrected chi connectivity index (χ3v) is 6.45. The lowest BCUT2D eigenvalue weighted by Crippen LogP contribution is -2.20. The Bertz CT molecular complexity index is 1260. The third kappa shape index (κ3) is 4.96. The molecule has 0 unspecified atom stereocenters. The van der Waals surface area contributed by atoms with Crippen molar-refractivity contribution >= 4 is 37.5 Å². The van der Waals surface area contributed by atoms with E-state index >= 15 is 0 Å². The summed E-state index contributed by atoms with van der Waals surface area (Å²) in [5, 5.41) is 5.24. The van der Waals surface area contributed by atoms with Gasteiger partial charge in [0.1, 0.15) is 5.75 Å². The fraction of sp³-hybridized carbons (Fsp3) is 0.300. The van der Waals surface area contributed by atoms with Gasteiger partial charge < -0.3 is 14.0 Å². The van der Waals surface area contributed by atoms with E-state index in [1.54, 1.807) is 20.3 Å². The molecule has 0 spiro atoms. The van der Waals surface area contributed by atoms with Gasteiger partial charge in [0.25, 0.3) is 5.91 Å². The molecule has 30 heavy (non-hydrogen) atoms. The van der Waals surface area contributed by atoms with Crippen LogP contribution in [0.1, 0.15) is 11.1 Å². The molecule has 160 valence electrons. The Hall–Kier alpha value is -2.53. The highest BCUT2D eigenvalue weighted by atomic mass is 32.2. The number of aromatic nitrogens is 1. The maximum atomic E-state index is 12.7. The molecular formula is C20H23N3O5S2. The molecule has 1 amide bonds. The number of fused-ring (bicyclic) bond motifs is 1. The monoisotopic (exact) mass is 449 g/mol. The van der Waals surface area contributed by atoms with Crippen molar-refractivity contribution in [1.82, 2.24) is 4.57 Å². The summed E-state index contributed by atoms with van der Waals surface area (Å²) < 4.78 is 36.4. The van der Waals surface area contributed by atoms with E-state index < -0.39 is 10.0 Å². The van der Waals surface area contributed by atoms with Crippen molar-refractivity contribution < 1.29 is 22.7 Å². The van der Waals surface area contributed by atoms with Crippen molar-refractivity contribution in [3.05, 3.63) is 52.3 Å². The van der Waals surface area contributed by atoms with Crippen LogP contribution in [0.25, 0.3) is 10.2 Å². The van der Waals surface area contributed by atoms with Gasteiger partial charge in [-0.25, -0.2) is 13.6 Å². The largest absolute Gasteiger partial charge is 0.496 e. The van der Waals surface area contributed by atoms with Gasteiger partial charge in [-0.2, -0.15) is 4.99 Å². The first-order chi connectivity index (χ1) is 14.2. The second kappa shape index (κ2) is 9.09. The molecule has 0 aliphatic carbocycles. The molecule has 1 heterocycles. The molecule has 3 aromatic rings. The van der Waals surface area contributed by atoms with Crippen molar-refractivity contribution in [2.75, 3.05) is 20.8 Å². The fourth-order valence-corrected chi connectivity index (χ4v) is 4.80. The van der Waals surface area contributed by atoms with Crippen LogP contribution in [0.5, 0.6) is 5.75 Å². The molecule has 0 saturated carbocycles. The number of nitrogens with zero attached hydrogens (tertiary/aromatic N) is 2. The summed E-state index contributed by atoms with van der Waals surface area (Å²) in [6.07, 6.45) is 0.0891. The smallest absolute Gasteiger partial charge is 0.252 e. The van der Waals surface area contributed by atoms with Gasteiger partial charge in [0, 0.05) is 19.2 Å². The summed E-state index contributed by atoms with van der Waals surface area (Å²) in [7, 11) is -0.686. The zero-order chi connectivity index (χ0) is 21.9. The van der Waals surface area contributed by atoms with E-state index in [1.807, 2.05) is 29.7 Å². The second-order valence-corrected chi connectivity index (χ2v) is 9.27. The highest BCUT2D eigenvalue weighted by Gasteiger charge is 2.14. The highest BCUT2D eigenvalue weighted by molar-refractivity contribution is 7.89. The standard InChI is InChI=1S/C20H23N3O5S2/c1-13-4-7-17(28-3)14(10-13)11-19(24)22-20-23(8-9-27-2)16-6-5-15(30(21,25)26)12-18(16)29-20/h4-7,10,12H,8-9,11H2,1-3H3,(H2,21,25,26). The molecule has 0 radical (unpaired) electrons. The summed E-state index contributed by atoms with van der Waals surface area (Å²) >= 11 is 1.23. The third-order valence-electron chi connectivity index (χ3n) is 4.50. The zero-order valence-corrected chi connectivity index (χ0v) is 18.5. The van der Waals surface area contributed by atoms with Crippen LogP contribution in [0.15, 0.2) is 46.3 Å². The lowest BCUT2D eigenvalue weighted by Gasteiger charge is -2.07. The number of carbonyl (C=O) groups excluding carboxylic acids is 1. The Morgan fingerprint density at radius 3 is 2.63 bits per heavy atom. The van der Waals surface area contributed by atoms with Crippen LogP contribution in [0.3, 0.4) is 0 Å². The molecule has 8 nitrogen and oxygen atoms in total. The minimum absolute atomic E-state index is 0.0116. The lowest BCUT2D eigenvalue weighted by atomic mass is 10.1. The van der Waals surface area contributed by atoms with Crippen LogP contribution in [-0.4, -0.2) is 39.7 Å². The van der Waals surface area contributed by atoms with Gasteiger partial charge in [-0.05, 0) is 31.2 Å². The average Bonchev–Trinajstić information content (AvgIpc) is 3.01. The molecule has 0 bridgehead atoms. The average molecular weight is 450 g/mol. The van der Waals surface area contributed by atoms with Gasteiger partial charge >= 0.3 is 0 Å². The fourth-order valence-electron chi connectivity index (χ4n) is 3.07. The van der Waals surface area contributed by atoms with Crippen LogP contribution in [0.4, 0.5) is 0 Å². The van der Waals surface area contributed by atoms with Crippen molar-refractivity contribution in [2.45, 2.75) is 24.8 Å². The first kappa shape index (κ1) is 22.2. The molecule has 2 N–H and O–H groups in total. The number of rotatable bonds is 7. The van der Waals surface area contributed by atoms with Crippen LogP contribution in [0.2, 0.25) is 0 Å². The van der Waals surface area contributed by atoms with Gasteiger partial charge in [-0.3, -0.25) is 4.79 Å². The van der Waals surface area contributed by atoms with E-state index in [0.717, 1.165) is 16.6 Å². The summed E-state index contributed by atoms with van der Waals surface area (Å²) in [4.78, 5) is 17.5. The van der Waals surface area contributed by atoms with E-state index in [0.29, 0.717) is 28.4 Å². The van der Waals surface area contributed by atoms with Crippen LogP contribution >= 0.6 is 11.3 Å². The summed E-state index contributed by atoms with van der Waals surface area (Å²) in [5.74, 6) is 0.300. The molecule has 10 heteroatoms. The number of ether oxygens (including phenoxy) is 2. The number of hydrogen-bond acceptors (Lipinski definition) is 6. The van der Waals surface area contributed by atoms with Crippen molar-refractivity contribution in [2.24, 2.45) is 10.1 Å². The van der Waals surface area contributed by atoms with Crippen LogP contribution in [-0.2, 0) is 32.5 Å². The topological polar surface area (TPSA) is 113 Å². The molecule has 2 aromatic carbocycles. The minimum atomic E-state index is -3.83. The van der Waals surface area contributed by atoms with Crippen LogP contribution in [0, 0.1) is 6.92 Å². The number of methoxy groups -OCH3 is 2. The minimum Gasteiger partial charge on any atom is -0.496 e. The Morgan fingerprint density at radius 2 is 1.97 bits per heavy atom. The normalized spacial score (nSPS) is 12.5. The van der Waals surface area contributed by atoms with Gasteiger partial charge in [-0.1, -0.05) is 29.0 Å². The summed E-state index contributed by atoms with van der Waals surface area (Å²) in [6.45, 7) is 2.82. The Morgan fingerprint density at radius 1 is 1.20 bits per heavy atom. The number of amides is 1. The van der Waals surface area contributed by atoms with E-state index in [1.165, 1.54) is 23.5 Å². The molecule has 0 aliphatic rings. The Balaban J connectivity index is 2.05. The van der Waals surface area contributed by atoms with Gasteiger partial charge in [-0.15, -0.1) is 0 Å². The van der Waals surface area contributed by atoms with E-state index in [4.69, 9.17) is 14.6 Å². The molecule has 3 rings (SSSR count). The zero-order valence-electron chi connectivity index (χ0n) is 16.9. The number of thiazole rings is 1. The SMILES string of the molecule is COCCn1c(=NC(=O)Cc2cc(C)ccc2OC)sc2cc(S(N)(=O)=O)ccc21. The first-order valence-electron chi connectivity index (χ1n) is 9.09. The van der Waals surface area contributed by atoms with Gasteiger partial charge in [0.2, 0.25) is 10.0 Å². The number of sulfonamides is 1. The maximum Gasteiger partial charge on any atom is 0.252 e. The second-order valence-electron chi connectivity index (χ2n) is 6.70. The number of aryl methyl sites for hydroxylation is 1. The lowest BCUT2D eigenvalue weighted by molar-refractivity contribution is -0.117. The number of primary sulfonamides is 1. The number of nitrogens with two attached hydrogens (primary N) is 1. The van der Waals surface area contributed by atoms with Crippen molar-refractivity contribution in [3.8, 4) is 5.75 Å². The molecule has 0 saturated heterocycles. The predicted molar refractivity (Wildman–Crippen MR) is 115 cm³/mol. The number of hydrogen-bond donors (Lipinski definition) is 1. The predicted octanol–water partition coefficient (Wildman–Crippen LogP) is 1.98. The Kier molecular flexibility index (Phi) is 6.71. The van der Waals surface area contributed by atoms with Crippen molar-refractivity contribution in [3.63, 3.8) is 0 Å². The van der Waals surface area contributed by atoms with E-state index in [2.05, 4.69) is 4.99 Å². The number of benzene rings is 2. The molecule has 0 atom stereocenters. The summed E-state index contributed by atoms with van der Waals surface area (Å²) in [6, 6.07) is 10.2. The van der Waals surface area contributed by atoms with E-state index in [9.17, 15) is 13.2 Å². The van der Waals surface area contributed by atoms with Crippen LogP contribution < -0.4 is 14.7 Å². The molecule has 0 aliphatic heterocycles. The highest BCUT2D eigenvalue weighted by Crippen LogP contribution is 2.22. The molecular weight excluding hydrogens is 426 g/mol. The first-order valence-corrected chi connectivity index (χ1v) is 11.5. The van der Waals surface area contributed by atoms with E-state index in [-0.39, 0.29) is 17.2 Å². The van der Waals surface area contributed by atoms with Gasteiger partial charge in [0.15, 0.2) is 4.80 Å². The summed E-state index contributed by atoms with van der Waals surface area (Å²) in [5.41, 5.74) is 2.53. The quantitative estimate of drug-likeness (QED) is 0.593. The molecule has 0 fully saturated rings. The van der Waals surface area contributed by atoms with Crippen molar-refractivity contribution in [1.29, 1.82) is 0 Å². The molecule has 1 aromatic heterocycles. The van der Waals surface area contributed by atoms with Gasteiger partial charge in [0.05, 0.1) is 35.2 Å².